The molecule has 0 N–H and O–H groups in total. The maximum atomic E-state index is 10.8. The van der Waals surface area contributed by atoms with Crippen molar-refractivity contribution in [2.45, 2.75) is 20.8 Å². The molecule has 0 radical (unpaired) electrons. The van der Waals surface area contributed by atoms with Gasteiger partial charge in [0.15, 0.2) is 5.78 Å². The highest BCUT2D eigenvalue weighted by Crippen LogP contribution is 1.93. The molecule has 56 valence electrons. The van der Waals surface area contributed by atoms with Crippen LogP contribution in [-0.2, 0) is 4.79 Å². The Kier molecular flexibility index (Phi) is 4.55. The first-order valence-electron chi connectivity index (χ1n) is 3.51. The topological polar surface area (TPSA) is 17.1 Å². The molecule has 0 aromatic rings. The predicted molar refractivity (Wildman–Crippen MR) is 43.8 cm³/mol. The van der Waals surface area contributed by atoms with Gasteiger partial charge in [0.1, 0.15) is 0 Å². The molecular weight excluding hydrogens is 124 g/mol. The van der Waals surface area contributed by atoms with Crippen LogP contribution in [0.2, 0.25) is 0 Å². The SMILES string of the molecule is C/C=C/C(=O)/C=C/C(C)C. The average Bonchev–Trinajstić information content (AvgIpc) is 1.85. The maximum Gasteiger partial charge on any atom is 0.177 e. The third kappa shape index (κ3) is 5.29. The summed E-state index contributed by atoms with van der Waals surface area (Å²) in [6.45, 7) is 5.92. The van der Waals surface area contributed by atoms with E-state index in [0.29, 0.717) is 5.92 Å². The van der Waals surface area contributed by atoms with Crippen molar-refractivity contribution in [3.63, 3.8) is 0 Å². The van der Waals surface area contributed by atoms with Crippen LogP contribution in [0.25, 0.3) is 0 Å². The van der Waals surface area contributed by atoms with Crippen molar-refractivity contribution in [2.75, 3.05) is 0 Å². The lowest BCUT2D eigenvalue weighted by Gasteiger charge is -1.89. The molecular formula is C9H14O. The largest absolute Gasteiger partial charge is 0.290 e. The lowest BCUT2D eigenvalue weighted by atomic mass is 10.2. The maximum absolute atomic E-state index is 10.8. The van der Waals surface area contributed by atoms with E-state index in [0.717, 1.165) is 0 Å². The van der Waals surface area contributed by atoms with E-state index in [-0.39, 0.29) is 5.78 Å². The standard InChI is InChI=1S/C9H14O/c1-4-5-9(10)7-6-8(2)3/h4-8H,1-3H3/b5-4+,7-6+. The van der Waals surface area contributed by atoms with Gasteiger partial charge in [-0.1, -0.05) is 26.0 Å². The minimum atomic E-state index is 0.0659. The molecule has 0 saturated carbocycles. The van der Waals surface area contributed by atoms with Crippen LogP contribution in [0.15, 0.2) is 24.3 Å². The molecule has 1 heteroatoms. The number of ketones is 1. The molecule has 0 spiro atoms. The number of carbonyl (C=O) groups is 1. The van der Waals surface area contributed by atoms with Gasteiger partial charge in [0.25, 0.3) is 0 Å². The molecule has 0 fully saturated rings. The van der Waals surface area contributed by atoms with Crippen LogP contribution in [0, 0.1) is 5.92 Å². The van der Waals surface area contributed by atoms with Gasteiger partial charge >= 0.3 is 0 Å². The normalized spacial score (nSPS) is 12.0. The van der Waals surface area contributed by atoms with Crippen molar-refractivity contribution in [3.05, 3.63) is 24.3 Å². The highest BCUT2D eigenvalue weighted by atomic mass is 16.1. The zero-order chi connectivity index (χ0) is 7.98. The summed E-state index contributed by atoms with van der Waals surface area (Å²) >= 11 is 0. The van der Waals surface area contributed by atoms with Gasteiger partial charge < -0.3 is 0 Å². The van der Waals surface area contributed by atoms with Crippen molar-refractivity contribution in [1.29, 1.82) is 0 Å². The zero-order valence-corrected chi connectivity index (χ0v) is 6.79. The van der Waals surface area contributed by atoms with E-state index in [1.54, 1.807) is 18.2 Å². The Morgan fingerprint density at radius 2 is 1.90 bits per heavy atom. The van der Waals surface area contributed by atoms with Crippen molar-refractivity contribution in [1.82, 2.24) is 0 Å². The minimum absolute atomic E-state index is 0.0659. The Hall–Kier alpha value is -0.850. The Labute approximate surface area is 62.4 Å². The van der Waals surface area contributed by atoms with Crippen molar-refractivity contribution in [2.24, 2.45) is 5.92 Å². The van der Waals surface area contributed by atoms with E-state index in [2.05, 4.69) is 0 Å². The Bertz CT molecular complexity index is 152. The molecule has 0 rings (SSSR count). The first-order valence-corrected chi connectivity index (χ1v) is 3.51. The van der Waals surface area contributed by atoms with Crippen LogP contribution < -0.4 is 0 Å². The highest BCUT2D eigenvalue weighted by Gasteiger charge is 1.87. The van der Waals surface area contributed by atoms with E-state index in [4.69, 9.17) is 0 Å². The summed E-state index contributed by atoms with van der Waals surface area (Å²) in [4.78, 5) is 10.8. The van der Waals surface area contributed by atoms with Gasteiger partial charge in [0, 0.05) is 0 Å². The zero-order valence-electron chi connectivity index (χ0n) is 6.79. The number of hydrogen-bond donors (Lipinski definition) is 0. The van der Waals surface area contributed by atoms with Gasteiger partial charge in [-0.2, -0.15) is 0 Å². The first-order chi connectivity index (χ1) is 4.66. The molecule has 0 unspecified atom stereocenters. The molecule has 0 aliphatic heterocycles. The van der Waals surface area contributed by atoms with Crippen LogP contribution in [0.5, 0.6) is 0 Å². The van der Waals surface area contributed by atoms with Gasteiger partial charge in [-0.15, -0.1) is 0 Å². The number of rotatable bonds is 3. The molecule has 0 atom stereocenters. The summed E-state index contributed by atoms with van der Waals surface area (Å²) in [5.41, 5.74) is 0. The van der Waals surface area contributed by atoms with E-state index in [1.807, 2.05) is 26.8 Å². The fourth-order valence-electron chi connectivity index (χ4n) is 0.507. The van der Waals surface area contributed by atoms with Gasteiger partial charge in [0.2, 0.25) is 0 Å². The molecule has 0 aliphatic carbocycles. The van der Waals surface area contributed by atoms with Gasteiger partial charge in [-0.25, -0.2) is 0 Å². The fraction of sp³-hybridized carbons (Fsp3) is 0.444. The summed E-state index contributed by atoms with van der Waals surface area (Å²) in [6, 6.07) is 0. The third-order valence-corrected chi connectivity index (χ3v) is 0.976. The van der Waals surface area contributed by atoms with Crippen LogP contribution >= 0.6 is 0 Å². The van der Waals surface area contributed by atoms with Crippen molar-refractivity contribution < 1.29 is 4.79 Å². The van der Waals surface area contributed by atoms with Gasteiger partial charge in [-0.3, -0.25) is 4.79 Å². The fourth-order valence-corrected chi connectivity index (χ4v) is 0.507. The molecule has 0 aliphatic rings. The summed E-state index contributed by atoms with van der Waals surface area (Å²) in [7, 11) is 0. The predicted octanol–water partition coefficient (Wildman–Crippen LogP) is 2.34. The van der Waals surface area contributed by atoms with Crippen molar-refractivity contribution >= 4 is 5.78 Å². The number of hydrogen-bond acceptors (Lipinski definition) is 1. The van der Waals surface area contributed by atoms with Crippen LogP contribution in [0.1, 0.15) is 20.8 Å². The molecule has 0 amide bonds. The molecule has 0 saturated heterocycles. The molecule has 0 aromatic heterocycles. The summed E-state index contributed by atoms with van der Waals surface area (Å²) < 4.78 is 0. The minimum Gasteiger partial charge on any atom is -0.290 e. The summed E-state index contributed by atoms with van der Waals surface area (Å²) in [5, 5.41) is 0. The molecule has 1 nitrogen and oxygen atoms in total. The second kappa shape index (κ2) is 4.98. The number of carbonyl (C=O) groups excluding carboxylic acids is 1. The van der Waals surface area contributed by atoms with Crippen molar-refractivity contribution in [3.8, 4) is 0 Å². The summed E-state index contributed by atoms with van der Waals surface area (Å²) in [5.74, 6) is 0.519. The van der Waals surface area contributed by atoms with Crippen LogP contribution in [0.3, 0.4) is 0 Å². The molecule has 0 bridgehead atoms. The second-order valence-electron chi connectivity index (χ2n) is 2.51. The van der Waals surface area contributed by atoms with E-state index >= 15 is 0 Å². The number of allylic oxidation sites excluding steroid dienone is 4. The molecule has 10 heavy (non-hydrogen) atoms. The molecule has 0 heterocycles. The van der Waals surface area contributed by atoms with Crippen LogP contribution in [-0.4, -0.2) is 5.78 Å². The summed E-state index contributed by atoms with van der Waals surface area (Å²) in [6.07, 6.45) is 6.79. The average molecular weight is 138 g/mol. The Morgan fingerprint density at radius 3 is 2.30 bits per heavy atom. The monoisotopic (exact) mass is 138 g/mol. The highest BCUT2D eigenvalue weighted by molar-refractivity contribution is 5.99. The van der Waals surface area contributed by atoms with Gasteiger partial charge in [-0.05, 0) is 25.0 Å². The van der Waals surface area contributed by atoms with Gasteiger partial charge in [0.05, 0.1) is 0 Å². The smallest absolute Gasteiger partial charge is 0.177 e. The van der Waals surface area contributed by atoms with E-state index < -0.39 is 0 Å². The lowest BCUT2D eigenvalue weighted by Crippen LogP contribution is -1.86. The Balaban J connectivity index is 3.78. The van der Waals surface area contributed by atoms with Crippen LogP contribution in [0.4, 0.5) is 0 Å². The molecule has 0 aromatic carbocycles. The quantitative estimate of drug-likeness (QED) is 0.547. The second-order valence-corrected chi connectivity index (χ2v) is 2.51. The Morgan fingerprint density at radius 1 is 1.30 bits per heavy atom. The lowest BCUT2D eigenvalue weighted by molar-refractivity contribution is -0.110. The van der Waals surface area contributed by atoms with E-state index in [9.17, 15) is 4.79 Å². The van der Waals surface area contributed by atoms with E-state index in [1.165, 1.54) is 0 Å². The third-order valence-electron chi connectivity index (χ3n) is 0.976. The first kappa shape index (κ1) is 9.15.